The molecule has 0 radical (unpaired) electrons. The van der Waals surface area contributed by atoms with Crippen LogP contribution in [-0.4, -0.2) is 44.3 Å². The van der Waals surface area contributed by atoms with Gasteiger partial charge in [-0.2, -0.15) is 10.5 Å². The van der Waals surface area contributed by atoms with Crippen molar-refractivity contribution in [1.82, 2.24) is 15.5 Å². The molecule has 0 amide bonds. The molecule has 0 bridgehead atoms. The number of rotatable bonds is 8. The van der Waals surface area contributed by atoms with E-state index < -0.39 is 0 Å². The Morgan fingerprint density at radius 2 is 1.88 bits per heavy atom. The van der Waals surface area contributed by atoms with Crippen LogP contribution in [0, 0.1) is 28.5 Å². The lowest BCUT2D eigenvalue weighted by Crippen LogP contribution is -2.34. The highest BCUT2D eigenvalue weighted by molar-refractivity contribution is 5.38. The summed E-state index contributed by atoms with van der Waals surface area (Å²) in [6.07, 6.45) is 2.07. The predicted molar refractivity (Wildman–Crippen MR) is 95.9 cm³/mol. The van der Waals surface area contributed by atoms with E-state index in [1.807, 2.05) is 19.2 Å². The molecule has 1 aliphatic rings. The van der Waals surface area contributed by atoms with Crippen molar-refractivity contribution in [3.8, 4) is 12.1 Å². The Balaban J connectivity index is 1.77. The van der Waals surface area contributed by atoms with Gasteiger partial charge in [0.1, 0.15) is 23.8 Å². The topological polar surface area (TPSA) is 84.1 Å². The largest absolute Gasteiger partial charge is 0.373 e. The van der Waals surface area contributed by atoms with Crippen LogP contribution in [0.15, 0.2) is 35.7 Å². The minimum Gasteiger partial charge on any atom is -0.373 e. The molecule has 1 saturated heterocycles. The van der Waals surface area contributed by atoms with Gasteiger partial charge in [0.15, 0.2) is 5.57 Å². The first-order valence-electron chi connectivity index (χ1n) is 8.60. The summed E-state index contributed by atoms with van der Waals surface area (Å²) in [7, 11) is 3.69. The third kappa shape index (κ3) is 5.73. The van der Waals surface area contributed by atoms with Crippen molar-refractivity contribution in [2.75, 3.05) is 27.2 Å². The van der Waals surface area contributed by atoms with Gasteiger partial charge < -0.3 is 15.4 Å². The molecule has 1 fully saturated rings. The monoisotopic (exact) mass is 357 g/mol. The second-order valence-electron chi connectivity index (χ2n) is 6.39. The van der Waals surface area contributed by atoms with Gasteiger partial charge in [0.05, 0.1) is 12.2 Å². The zero-order chi connectivity index (χ0) is 18.9. The van der Waals surface area contributed by atoms with Gasteiger partial charge in [-0.05, 0) is 37.6 Å². The highest BCUT2D eigenvalue weighted by Crippen LogP contribution is 2.20. The molecule has 2 unspecified atom stereocenters. The number of nitriles is 2. The van der Waals surface area contributed by atoms with E-state index in [0.717, 1.165) is 31.5 Å². The number of likely N-dealkylation sites (N-methyl/N-ethyl adjacent to an activating group) is 1. The van der Waals surface area contributed by atoms with Crippen LogP contribution in [0.4, 0.5) is 4.39 Å². The molecule has 0 aromatic heterocycles. The molecule has 7 heteroatoms. The van der Waals surface area contributed by atoms with Gasteiger partial charge in [0.25, 0.3) is 0 Å². The predicted octanol–water partition coefficient (Wildman–Crippen LogP) is 1.87. The quantitative estimate of drug-likeness (QED) is 0.691. The van der Waals surface area contributed by atoms with Gasteiger partial charge in [-0.3, -0.25) is 4.90 Å². The normalized spacial score (nSPS) is 18.8. The fourth-order valence-electron chi connectivity index (χ4n) is 3.03. The average Bonchev–Trinajstić information content (AvgIpc) is 3.07. The first kappa shape index (κ1) is 19.7. The van der Waals surface area contributed by atoms with E-state index in [2.05, 4.69) is 15.5 Å². The van der Waals surface area contributed by atoms with E-state index in [1.165, 1.54) is 12.1 Å². The van der Waals surface area contributed by atoms with Gasteiger partial charge >= 0.3 is 0 Å². The Kier molecular flexibility index (Phi) is 7.40. The number of hydrogen-bond donors (Lipinski definition) is 2. The zero-order valence-electron chi connectivity index (χ0n) is 15.1. The first-order chi connectivity index (χ1) is 12.5. The van der Waals surface area contributed by atoms with Gasteiger partial charge in [0.2, 0.25) is 0 Å². The molecule has 1 aromatic rings. The number of nitrogens with zero attached hydrogens (tertiary/aromatic N) is 3. The molecule has 0 spiro atoms. The first-order valence-corrected chi connectivity index (χ1v) is 8.60. The Bertz CT molecular complexity index is 688. The lowest BCUT2D eigenvalue weighted by Gasteiger charge is -2.22. The van der Waals surface area contributed by atoms with E-state index in [1.54, 1.807) is 19.2 Å². The summed E-state index contributed by atoms with van der Waals surface area (Å²) in [6, 6.07) is 10.3. The molecule has 6 nitrogen and oxygen atoms in total. The summed E-state index contributed by atoms with van der Waals surface area (Å²) < 4.78 is 19.0. The summed E-state index contributed by atoms with van der Waals surface area (Å²) in [6.45, 7) is 2.08. The fourth-order valence-corrected chi connectivity index (χ4v) is 3.03. The minimum atomic E-state index is -0.225. The number of allylic oxidation sites excluding steroid dienone is 1. The number of nitrogens with one attached hydrogen (secondary N) is 2. The summed E-state index contributed by atoms with van der Waals surface area (Å²) in [5.41, 5.74) is 1.09. The van der Waals surface area contributed by atoms with Crippen LogP contribution < -0.4 is 10.6 Å². The Hall–Kier alpha value is -2.61. The Morgan fingerprint density at radius 3 is 2.50 bits per heavy atom. The van der Waals surface area contributed by atoms with Crippen LogP contribution in [-0.2, 0) is 11.3 Å². The van der Waals surface area contributed by atoms with E-state index in [0.29, 0.717) is 12.4 Å². The smallest absolute Gasteiger partial charge is 0.169 e. The van der Waals surface area contributed by atoms with Gasteiger partial charge in [-0.1, -0.05) is 12.1 Å². The number of benzene rings is 1. The molecule has 0 aliphatic carbocycles. The minimum absolute atomic E-state index is 0.0288. The van der Waals surface area contributed by atoms with Crippen molar-refractivity contribution in [2.45, 2.75) is 31.6 Å². The third-order valence-corrected chi connectivity index (χ3v) is 4.31. The molecule has 2 atom stereocenters. The Labute approximate surface area is 153 Å². The maximum absolute atomic E-state index is 13.0. The van der Waals surface area contributed by atoms with E-state index in [4.69, 9.17) is 15.3 Å². The van der Waals surface area contributed by atoms with Crippen LogP contribution >= 0.6 is 0 Å². The van der Waals surface area contributed by atoms with Crippen LogP contribution in [0.2, 0.25) is 0 Å². The van der Waals surface area contributed by atoms with Crippen molar-refractivity contribution >= 4 is 0 Å². The van der Waals surface area contributed by atoms with Gasteiger partial charge in [0, 0.05) is 26.7 Å². The molecule has 2 rings (SSSR count). The van der Waals surface area contributed by atoms with Crippen molar-refractivity contribution in [3.63, 3.8) is 0 Å². The van der Waals surface area contributed by atoms with Crippen LogP contribution in [0.1, 0.15) is 18.4 Å². The fraction of sp³-hybridized carbons (Fsp3) is 0.474. The average molecular weight is 357 g/mol. The van der Waals surface area contributed by atoms with E-state index in [-0.39, 0.29) is 23.6 Å². The van der Waals surface area contributed by atoms with Crippen molar-refractivity contribution in [3.05, 3.63) is 47.0 Å². The van der Waals surface area contributed by atoms with Gasteiger partial charge in [-0.25, -0.2) is 4.39 Å². The second-order valence-corrected chi connectivity index (χ2v) is 6.39. The zero-order valence-corrected chi connectivity index (χ0v) is 15.1. The van der Waals surface area contributed by atoms with Crippen LogP contribution in [0.25, 0.3) is 0 Å². The molecule has 1 aliphatic heterocycles. The number of ether oxygens (including phenoxy) is 1. The highest BCUT2D eigenvalue weighted by Gasteiger charge is 2.26. The Morgan fingerprint density at radius 1 is 1.23 bits per heavy atom. The maximum Gasteiger partial charge on any atom is 0.169 e. The molecular weight excluding hydrogens is 333 g/mol. The third-order valence-electron chi connectivity index (χ3n) is 4.31. The SMILES string of the molecule is CNC(NCC1CCC(CN(C)Cc2ccc(F)cc2)O1)=C(C#N)C#N. The molecular formula is C19H24FN5O. The molecule has 138 valence electrons. The lowest BCUT2D eigenvalue weighted by atomic mass is 10.1. The summed E-state index contributed by atoms with van der Waals surface area (Å²) in [4.78, 5) is 2.16. The maximum atomic E-state index is 13.0. The number of halogens is 1. The molecule has 1 heterocycles. The summed E-state index contributed by atoms with van der Waals surface area (Å²) in [5, 5.41) is 23.8. The van der Waals surface area contributed by atoms with Crippen molar-refractivity contribution in [1.29, 1.82) is 10.5 Å². The summed E-state index contributed by atoms with van der Waals surface area (Å²) >= 11 is 0. The molecule has 0 saturated carbocycles. The summed E-state index contributed by atoms with van der Waals surface area (Å²) in [5.74, 6) is 0.201. The molecule has 26 heavy (non-hydrogen) atoms. The molecule has 2 N–H and O–H groups in total. The van der Waals surface area contributed by atoms with Crippen LogP contribution in [0.5, 0.6) is 0 Å². The van der Waals surface area contributed by atoms with Gasteiger partial charge in [-0.15, -0.1) is 0 Å². The van der Waals surface area contributed by atoms with E-state index >= 15 is 0 Å². The van der Waals surface area contributed by atoms with E-state index in [9.17, 15) is 4.39 Å². The molecule has 1 aromatic carbocycles. The van der Waals surface area contributed by atoms with Crippen molar-refractivity contribution in [2.24, 2.45) is 0 Å². The lowest BCUT2D eigenvalue weighted by molar-refractivity contribution is 0.0276. The number of hydrogen-bond acceptors (Lipinski definition) is 6. The van der Waals surface area contributed by atoms with Crippen LogP contribution in [0.3, 0.4) is 0 Å². The highest BCUT2D eigenvalue weighted by atomic mass is 19.1. The standard InChI is InChI=1S/C19H24FN5O/c1-23-19(15(9-21)10-22)24-11-17-7-8-18(26-17)13-25(2)12-14-3-5-16(20)6-4-14/h3-6,17-18,23-24H,7-8,11-13H2,1-2H3. The second kappa shape index (κ2) is 9.76. The van der Waals surface area contributed by atoms with Crippen molar-refractivity contribution < 1.29 is 9.13 Å².